The van der Waals surface area contributed by atoms with Gasteiger partial charge in [0.05, 0.1) is 16.0 Å². The van der Waals surface area contributed by atoms with Crippen LogP contribution in [0, 0.1) is 11.2 Å². The molecule has 104 valence electrons. The third kappa shape index (κ3) is 2.70. The van der Waals surface area contributed by atoms with Crippen molar-refractivity contribution < 1.29 is 13.9 Å². The molecule has 1 saturated heterocycles. The third-order valence-electron chi connectivity index (χ3n) is 3.60. The maximum absolute atomic E-state index is 14.1. The van der Waals surface area contributed by atoms with E-state index >= 15 is 0 Å². The van der Waals surface area contributed by atoms with E-state index in [1.165, 1.54) is 6.07 Å². The van der Waals surface area contributed by atoms with Gasteiger partial charge in [0.1, 0.15) is 0 Å². The van der Waals surface area contributed by atoms with Gasteiger partial charge in [0.15, 0.2) is 11.6 Å². The molecule has 0 aliphatic carbocycles. The number of ether oxygens (including phenoxy) is 1. The summed E-state index contributed by atoms with van der Waals surface area (Å²) in [6.07, 6.45) is 1.02. The molecule has 1 aliphatic rings. The first-order valence-electron chi connectivity index (χ1n) is 5.98. The molecule has 1 aromatic rings. The molecule has 0 radical (unpaired) electrons. The lowest BCUT2D eigenvalue weighted by atomic mass is 9.74. The number of rotatable bonds is 3. The van der Waals surface area contributed by atoms with Crippen LogP contribution in [0.15, 0.2) is 16.6 Å². The zero-order chi connectivity index (χ0) is 14.0. The number of hydrogen-bond acceptors (Lipinski definition) is 3. The van der Waals surface area contributed by atoms with Crippen molar-refractivity contribution >= 4 is 33.3 Å². The van der Waals surface area contributed by atoms with Crippen molar-refractivity contribution in [3.8, 4) is 0 Å². The summed E-state index contributed by atoms with van der Waals surface area (Å²) in [4.78, 5) is 12.6. The zero-order valence-electron chi connectivity index (χ0n) is 10.2. The highest BCUT2D eigenvalue weighted by atomic mass is 79.9. The second-order valence-corrected chi connectivity index (χ2v) is 5.88. The lowest BCUT2D eigenvalue weighted by Gasteiger charge is -2.34. The third-order valence-corrected chi connectivity index (χ3v) is 4.86. The van der Waals surface area contributed by atoms with Gasteiger partial charge in [-0.2, -0.15) is 0 Å². The van der Waals surface area contributed by atoms with Gasteiger partial charge < -0.3 is 10.5 Å². The van der Waals surface area contributed by atoms with E-state index in [1.807, 2.05) is 0 Å². The molecule has 1 heterocycles. The fraction of sp³-hybridized carbons (Fsp3) is 0.462. The quantitative estimate of drug-likeness (QED) is 0.673. The van der Waals surface area contributed by atoms with Crippen molar-refractivity contribution in [2.75, 3.05) is 19.8 Å². The summed E-state index contributed by atoms with van der Waals surface area (Å²) in [5.41, 5.74) is 5.01. The van der Waals surface area contributed by atoms with Crippen LogP contribution < -0.4 is 5.73 Å². The van der Waals surface area contributed by atoms with E-state index in [2.05, 4.69) is 15.9 Å². The van der Waals surface area contributed by atoms with Crippen molar-refractivity contribution in [2.45, 2.75) is 12.8 Å². The lowest BCUT2D eigenvalue weighted by molar-refractivity contribution is 0.0198. The standard InChI is InChI=1S/C13H14BrClFNO2/c14-9-2-1-8(11(16)10(9)15)12(18)13(7-17)3-5-19-6-4-13/h1-2H,3-7,17H2. The molecule has 3 nitrogen and oxygen atoms in total. The van der Waals surface area contributed by atoms with Gasteiger partial charge in [-0.15, -0.1) is 0 Å². The number of carbonyl (C=O) groups excluding carboxylic acids is 1. The molecule has 0 aromatic heterocycles. The molecule has 0 amide bonds. The molecule has 0 saturated carbocycles. The molecule has 1 fully saturated rings. The molecule has 1 aromatic carbocycles. The van der Waals surface area contributed by atoms with Gasteiger partial charge in [-0.3, -0.25) is 4.79 Å². The summed E-state index contributed by atoms with van der Waals surface area (Å²) in [6.45, 7) is 1.12. The first-order chi connectivity index (χ1) is 9.02. The number of carbonyl (C=O) groups is 1. The SMILES string of the molecule is NCC1(C(=O)c2ccc(Br)c(Cl)c2F)CCOCC1. The topological polar surface area (TPSA) is 52.3 Å². The zero-order valence-corrected chi connectivity index (χ0v) is 12.6. The number of ketones is 1. The Morgan fingerprint density at radius 2 is 2.11 bits per heavy atom. The molecular weight excluding hydrogens is 337 g/mol. The van der Waals surface area contributed by atoms with Crippen LogP contribution in [0.2, 0.25) is 5.02 Å². The van der Waals surface area contributed by atoms with Crippen LogP contribution in [0.1, 0.15) is 23.2 Å². The smallest absolute Gasteiger partial charge is 0.173 e. The molecule has 0 spiro atoms. The minimum atomic E-state index is -0.740. The summed E-state index contributed by atoms with van der Waals surface area (Å²) in [5.74, 6) is -0.981. The van der Waals surface area contributed by atoms with Crippen molar-refractivity contribution in [2.24, 2.45) is 11.1 Å². The van der Waals surface area contributed by atoms with Crippen LogP contribution >= 0.6 is 27.5 Å². The second kappa shape index (κ2) is 5.87. The maximum atomic E-state index is 14.1. The van der Waals surface area contributed by atoms with Gasteiger partial charge in [0.2, 0.25) is 0 Å². The van der Waals surface area contributed by atoms with E-state index in [-0.39, 0.29) is 22.9 Å². The Hall–Kier alpha value is -0.490. The number of halogens is 3. The average Bonchev–Trinajstić information content (AvgIpc) is 2.45. The van der Waals surface area contributed by atoms with Crippen LogP contribution in [0.3, 0.4) is 0 Å². The van der Waals surface area contributed by atoms with E-state index in [1.54, 1.807) is 6.07 Å². The van der Waals surface area contributed by atoms with E-state index in [9.17, 15) is 9.18 Å². The summed E-state index contributed by atoms with van der Waals surface area (Å²) < 4.78 is 19.8. The van der Waals surface area contributed by atoms with E-state index in [4.69, 9.17) is 22.1 Å². The van der Waals surface area contributed by atoms with Gasteiger partial charge in [-0.05, 0) is 40.9 Å². The summed E-state index contributed by atoms with van der Waals surface area (Å²) >= 11 is 8.95. The summed E-state index contributed by atoms with van der Waals surface area (Å²) in [6, 6.07) is 3.02. The van der Waals surface area contributed by atoms with Crippen molar-refractivity contribution in [1.29, 1.82) is 0 Å². The first-order valence-corrected chi connectivity index (χ1v) is 7.15. The Morgan fingerprint density at radius 3 is 2.68 bits per heavy atom. The molecular formula is C13H14BrClFNO2. The second-order valence-electron chi connectivity index (χ2n) is 4.65. The first kappa shape index (κ1) is 14.9. The van der Waals surface area contributed by atoms with Crippen LogP contribution in [0.25, 0.3) is 0 Å². The van der Waals surface area contributed by atoms with Crippen LogP contribution in [-0.4, -0.2) is 25.5 Å². The maximum Gasteiger partial charge on any atom is 0.173 e. The molecule has 19 heavy (non-hydrogen) atoms. The Bertz CT molecular complexity index is 504. The predicted octanol–water partition coefficient (Wildman–Crippen LogP) is 3.18. The van der Waals surface area contributed by atoms with Crippen LogP contribution in [0.5, 0.6) is 0 Å². The normalized spacial score (nSPS) is 18.3. The number of Topliss-reactive ketones (excluding diaryl/α,β-unsaturated/α-hetero) is 1. The average molecular weight is 351 g/mol. The fourth-order valence-electron chi connectivity index (χ4n) is 2.27. The van der Waals surface area contributed by atoms with Crippen LogP contribution in [-0.2, 0) is 4.74 Å². The molecule has 2 N–H and O–H groups in total. The Balaban J connectivity index is 2.40. The number of nitrogens with two attached hydrogens (primary N) is 1. The van der Waals surface area contributed by atoms with E-state index < -0.39 is 11.2 Å². The van der Waals surface area contributed by atoms with Crippen molar-refractivity contribution in [3.63, 3.8) is 0 Å². The highest BCUT2D eigenvalue weighted by molar-refractivity contribution is 9.10. The monoisotopic (exact) mass is 349 g/mol. The minimum absolute atomic E-state index is 0.000509. The van der Waals surface area contributed by atoms with Crippen molar-refractivity contribution in [3.05, 3.63) is 33.0 Å². The molecule has 0 bridgehead atoms. The molecule has 1 aliphatic heterocycles. The van der Waals surface area contributed by atoms with E-state index in [0.717, 1.165) is 0 Å². The minimum Gasteiger partial charge on any atom is -0.381 e. The summed E-state index contributed by atoms with van der Waals surface area (Å²) in [7, 11) is 0. The van der Waals surface area contributed by atoms with Gasteiger partial charge in [-0.25, -0.2) is 4.39 Å². The Kier molecular flexibility index (Phi) is 4.61. The predicted molar refractivity (Wildman–Crippen MR) is 75.0 cm³/mol. The fourth-order valence-corrected chi connectivity index (χ4v) is 2.74. The molecule has 0 atom stereocenters. The molecule has 0 unspecified atom stereocenters. The number of hydrogen-bond donors (Lipinski definition) is 1. The number of benzene rings is 1. The Morgan fingerprint density at radius 1 is 1.47 bits per heavy atom. The van der Waals surface area contributed by atoms with Gasteiger partial charge >= 0.3 is 0 Å². The van der Waals surface area contributed by atoms with Gasteiger partial charge in [-0.1, -0.05) is 11.6 Å². The summed E-state index contributed by atoms with van der Waals surface area (Å²) in [5, 5.41) is -0.0786. The van der Waals surface area contributed by atoms with Gasteiger partial charge in [0.25, 0.3) is 0 Å². The molecule has 6 heteroatoms. The largest absolute Gasteiger partial charge is 0.381 e. The molecule has 2 rings (SSSR count). The Labute approximate surface area is 124 Å². The van der Waals surface area contributed by atoms with Gasteiger partial charge in [0, 0.05) is 24.2 Å². The van der Waals surface area contributed by atoms with E-state index in [0.29, 0.717) is 30.5 Å². The lowest BCUT2D eigenvalue weighted by Crippen LogP contribution is -2.43. The highest BCUT2D eigenvalue weighted by Crippen LogP contribution is 2.36. The van der Waals surface area contributed by atoms with Crippen molar-refractivity contribution in [1.82, 2.24) is 0 Å². The van der Waals surface area contributed by atoms with Crippen LogP contribution in [0.4, 0.5) is 4.39 Å². The highest BCUT2D eigenvalue weighted by Gasteiger charge is 2.40.